The fraction of sp³-hybridized carbons (Fsp3) is 0.518. The Kier molecular flexibility index (Phi) is 19.7. The number of nitrogens with zero attached hydrogens (tertiary/aromatic N) is 8. The summed E-state index contributed by atoms with van der Waals surface area (Å²) < 4.78 is 27.8. The van der Waals surface area contributed by atoms with Gasteiger partial charge in [-0.2, -0.15) is 10.4 Å². The molecule has 2 aromatic heterocycles. The zero-order valence-corrected chi connectivity index (χ0v) is 45.3. The van der Waals surface area contributed by atoms with Gasteiger partial charge in [0, 0.05) is 74.8 Å². The number of aliphatic imine (C=N–C) groups is 1. The van der Waals surface area contributed by atoms with Crippen LogP contribution in [0.2, 0.25) is 0 Å². The van der Waals surface area contributed by atoms with Gasteiger partial charge in [-0.05, 0) is 80.5 Å². The van der Waals surface area contributed by atoms with E-state index in [1.165, 1.54) is 34.0 Å². The number of hydrogen-bond donors (Lipinski definition) is 5. The fourth-order valence-electron chi connectivity index (χ4n) is 10.2. The highest BCUT2D eigenvalue weighted by atomic mass is 19.1. The molecule has 412 valence electrons. The van der Waals surface area contributed by atoms with Gasteiger partial charge in [-0.15, -0.1) is 0 Å². The number of aromatic nitrogens is 3. The van der Waals surface area contributed by atoms with Crippen LogP contribution in [0.4, 0.5) is 15.9 Å². The van der Waals surface area contributed by atoms with Crippen molar-refractivity contribution in [3.63, 3.8) is 0 Å². The number of nitrogens with one attached hydrogen (secondary N) is 4. The summed E-state index contributed by atoms with van der Waals surface area (Å²) in [5.74, 6) is -2.42. The number of rotatable bonds is 21. The molecule has 0 spiro atoms. The van der Waals surface area contributed by atoms with Crippen LogP contribution in [0.15, 0.2) is 65.8 Å². The van der Waals surface area contributed by atoms with Crippen LogP contribution in [0.5, 0.6) is 0 Å². The number of nitrogens with two attached hydrogens (primary N) is 1. The van der Waals surface area contributed by atoms with Crippen molar-refractivity contribution in [2.45, 2.75) is 110 Å². The van der Waals surface area contributed by atoms with Crippen LogP contribution >= 0.6 is 0 Å². The van der Waals surface area contributed by atoms with Crippen molar-refractivity contribution in [2.75, 3.05) is 77.3 Å². The molecule has 4 aromatic rings. The van der Waals surface area contributed by atoms with Crippen LogP contribution in [0.1, 0.15) is 112 Å². The minimum absolute atomic E-state index is 0.0414. The molecule has 3 aliphatic heterocycles. The Bertz CT molecular complexity index is 2810. The lowest BCUT2D eigenvalue weighted by Crippen LogP contribution is -2.50. The Balaban J connectivity index is 0.885. The third-order valence-corrected chi connectivity index (χ3v) is 14.6. The largest absolute Gasteiger partial charge is 0.382 e. The highest BCUT2D eigenvalue weighted by Gasteiger charge is 2.44. The molecule has 0 radical (unpaired) electrons. The number of pyridine rings is 1. The van der Waals surface area contributed by atoms with Crippen LogP contribution in [0.25, 0.3) is 11.1 Å². The van der Waals surface area contributed by atoms with Crippen LogP contribution in [0, 0.1) is 28.5 Å². The minimum Gasteiger partial charge on any atom is -0.382 e. The van der Waals surface area contributed by atoms with Gasteiger partial charge in [-0.25, -0.2) is 14.4 Å². The first-order valence-electron chi connectivity index (χ1n) is 26.6. The van der Waals surface area contributed by atoms with Crippen molar-refractivity contribution < 1.29 is 37.8 Å². The van der Waals surface area contributed by atoms with Crippen LogP contribution in [0.3, 0.4) is 0 Å². The summed E-state index contributed by atoms with van der Waals surface area (Å²) in [6, 6.07) is 16.1. The predicted octanol–water partition coefficient (Wildman–Crippen LogP) is 4.70. The molecule has 0 saturated carbocycles. The molecule has 2 saturated heterocycles. The molecular formula is C56H74FN13O7. The molecule has 21 heteroatoms. The molecule has 7 rings (SSSR count). The maximum atomic E-state index is 14.7. The second-order valence-corrected chi connectivity index (χ2v) is 20.9. The van der Waals surface area contributed by atoms with Crippen molar-refractivity contribution >= 4 is 47.3 Å². The zero-order valence-electron chi connectivity index (χ0n) is 45.3. The van der Waals surface area contributed by atoms with Crippen LogP contribution in [-0.2, 0) is 41.7 Å². The van der Waals surface area contributed by atoms with Gasteiger partial charge in [0.05, 0.1) is 74.9 Å². The molecule has 2 fully saturated rings. The molecule has 5 amide bonds. The van der Waals surface area contributed by atoms with Gasteiger partial charge < -0.3 is 51.2 Å². The molecule has 3 aliphatic rings. The number of carbonyl (C=O) groups is 5. The first-order chi connectivity index (χ1) is 36.9. The molecule has 0 aliphatic carbocycles. The van der Waals surface area contributed by atoms with Gasteiger partial charge in [0.25, 0.3) is 11.8 Å². The molecule has 6 N–H and O–H groups in total. The number of ether oxygens (including phenoxy) is 2. The number of fused-ring (bicyclic) bond motifs is 8. The normalized spacial score (nSPS) is 18.6. The second-order valence-electron chi connectivity index (χ2n) is 20.9. The summed E-state index contributed by atoms with van der Waals surface area (Å²) >= 11 is 0. The van der Waals surface area contributed by atoms with Gasteiger partial charge in [0.15, 0.2) is 0 Å². The Morgan fingerprint density at radius 1 is 1.05 bits per heavy atom. The third kappa shape index (κ3) is 14.1. The van der Waals surface area contributed by atoms with Gasteiger partial charge in [0.1, 0.15) is 29.4 Å². The Morgan fingerprint density at radius 2 is 1.81 bits per heavy atom. The molecule has 2 aromatic carbocycles. The minimum atomic E-state index is -0.763. The summed E-state index contributed by atoms with van der Waals surface area (Å²) in [6.07, 6.45) is 5.61. The number of benzene rings is 2. The third-order valence-electron chi connectivity index (χ3n) is 14.6. The Morgan fingerprint density at radius 3 is 2.52 bits per heavy atom. The zero-order chi connectivity index (χ0) is 55.4. The van der Waals surface area contributed by atoms with E-state index in [9.17, 15) is 33.6 Å². The molecule has 20 nitrogen and oxygen atoms in total. The van der Waals surface area contributed by atoms with E-state index in [0.717, 1.165) is 12.0 Å². The number of anilines is 2. The monoisotopic (exact) mass is 1060 g/mol. The van der Waals surface area contributed by atoms with E-state index < -0.39 is 35.1 Å². The van der Waals surface area contributed by atoms with Crippen molar-refractivity contribution in [1.82, 2.24) is 45.8 Å². The summed E-state index contributed by atoms with van der Waals surface area (Å²) in [6.45, 7) is 12.1. The number of likely N-dealkylation sites (tertiary alicyclic amines) is 1. The van der Waals surface area contributed by atoms with E-state index >= 15 is 0 Å². The highest BCUT2D eigenvalue weighted by molar-refractivity contribution is 6.01. The van der Waals surface area contributed by atoms with Gasteiger partial charge in [-0.3, -0.25) is 28.7 Å². The van der Waals surface area contributed by atoms with Crippen LogP contribution in [-0.4, -0.2) is 145 Å². The van der Waals surface area contributed by atoms with Gasteiger partial charge >= 0.3 is 0 Å². The molecule has 5 heterocycles. The predicted molar refractivity (Wildman–Crippen MR) is 290 cm³/mol. The number of nitrogen functional groups attached to an aromatic ring is 1. The Labute approximate surface area is 450 Å². The first-order valence-corrected chi connectivity index (χ1v) is 26.6. The maximum Gasteiger partial charge on any atom is 0.262 e. The summed E-state index contributed by atoms with van der Waals surface area (Å²) in [5.41, 5.74) is 10.2. The summed E-state index contributed by atoms with van der Waals surface area (Å²) in [4.78, 5) is 81.9. The van der Waals surface area contributed by atoms with E-state index in [-0.39, 0.29) is 106 Å². The molecule has 77 heavy (non-hydrogen) atoms. The molecular weight excluding hydrogens is 986 g/mol. The van der Waals surface area contributed by atoms with Gasteiger partial charge in [-0.1, -0.05) is 58.0 Å². The van der Waals surface area contributed by atoms with E-state index in [0.29, 0.717) is 72.6 Å². The number of amides is 5. The van der Waals surface area contributed by atoms with Crippen molar-refractivity contribution in [1.29, 1.82) is 5.26 Å². The lowest BCUT2D eigenvalue weighted by Gasteiger charge is -2.33. The van der Waals surface area contributed by atoms with E-state index in [4.69, 9.17) is 20.3 Å². The average Bonchev–Trinajstić information content (AvgIpc) is 4.18. The number of carbonyl (C=O) groups excluding carboxylic acids is 5. The quantitative estimate of drug-likeness (QED) is 0.0561. The van der Waals surface area contributed by atoms with E-state index in [1.54, 1.807) is 32.1 Å². The van der Waals surface area contributed by atoms with Gasteiger partial charge in [0.2, 0.25) is 17.7 Å². The summed E-state index contributed by atoms with van der Waals surface area (Å²) in [5, 5.41) is 27.7. The Hall–Kier alpha value is -7.12. The highest BCUT2D eigenvalue weighted by Crippen LogP contribution is 2.43. The first kappa shape index (κ1) is 57.6. The standard InChI is InChI=1S/C56H74FN13O7/c1-8-43(36-13-10-9-11-14-36)65-53(73)47-29-39(33-69(47)55(75)42(56(3,4)5)32-64-52(72)35(2)60-6)61-20-24-77-26-25-76-23-18-49(71)62-19-22-70-48(30-58)50-37-27-46(51(59)63-31-37)68-21-12-15-45(68)41-28-38(57)16-17-40(41)54(74)67(7)34-44(50)66-70/h9-11,13-14,16-17,27-28,31-32,35,39,42-43,45,47,60-61H,8,12,15,18-26,29,33-34H2,1-7H3,(H2,59,63)(H,62,71)(H,65,73)/t35-,39-,42?,43+,45-,47-/m1/s1. The lowest BCUT2D eigenvalue weighted by atomic mass is 9.80. The summed E-state index contributed by atoms with van der Waals surface area (Å²) in [7, 11) is 3.31. The molecule has 2 bridgehead atoms. The number of nitriles is 1. The number of likely N-dealkylation sites (N-methyl/N-ethyl adjacent to an activating group) is 1. The fourth-order valence-corrected chi connectivity index (χ4v) is 10.2. The molecule has 1 unspecified atom stereocenters. The van der Waals surface area contributed by atoms with E-state index in [2.05, 4.69) is 37.3 Å². The van der Waals surface area contributed by atoms with Crippen molar-refractivity contribution in [2.24, 2.45) is 16.3 Å². The topological polar surface area (TPSA) is 255 Å². The number of halogens is 1. The molecule has 6 atom stereocenters. The van der Waals surface area contributed by atoms with Crippen molar-refractivity contribution in [3.8, 4) is 17.2 Å². The van der Waals surface area contributed by atoms with Crippen molar-refractivity contribution in [3.05, 3.63) is 94.7 Å². The second kappa shape index (κ2) is 26.3. The smallest absolute Gasteiger partial charge is 0.262 e. The van der Waals surface area contributed by atoms with E-state index in [1.807, 2.05) is 69.0 Å². The number of hydrogen-bond acceptors (Lipinski definition) is 14. The average molecular weight is 1060 g/mol. The van der Waals surface area contributed by atoms with Crippen LogP contribution < -0.4 is 31.9 Å². The maximum absolute atomic E-state index is 14.7. The SMILES string of the molecule is CC[C@H](NC(=O)[C@H]1C[C@@H](NCCOCCOCCC(=O)NCCn2nc3c(c2C#N)-c2cnc(N)c(c2)N2CCC[C@@H]2c2cc(F)ccc2C(=O)N(C)C3)CN1C(=O)C(C=NC(=O)[C@@H](C)NC)C(C)(C)C)c1ccccc1. The lowest BCUT2D eigenvalue weighted by molar-refractivity contribution is -0.142.